The molecule has 1 heterocycles. The molecule has 12 heteroatoms. The Morgan fingerprint density at radius 1 is 1.17 bits per heavy atom. The van der Waals surface area contributed by atoms with Crippen LogP contribution in [0.5, 0.6) is 0 Å². The average molecular weight is 531 g/mol. The SMILES string of the molecule is CCCC(=O)N[C@@H](CCC(Cl)(Cl)Cl)C(=O)N1C(=O)C=C(OC)[C@@H]1CCC(Cl)(Cl)Cl. The second-order valence-corrected chi connectivity index (χ2v) is 11.5. The molecule has 0 aromatic carbocycles. The fourth-order valence-electron chi connectivity index (χ4n) is 2.82. The first-order valence-electron chi connectivity index (χ1n) is 8.84. The second-order valence-electron chi connectivity index (χ2n) is 6.49. The zero-order valence-electron chi connectivity index (χ0n) is 15.8. The average Bonchev–Trinajstić information content (AvgIpc) is 2.90. The number of hydrogen-bond donors (Lipinski definition) is 1. The van der Waals surface area contributed by atoms with Crippen LogP contribution in [0.25, 0.3) is 0 Å². The van der Waals surface area contributed by atoms with Crippen molar-refractivity contribution in [3.05, 3.63) is 11.8 Å². The number of rotatable bonds is 9. The summed E-state index contributed by atoms with van der Waals surface area (Å²) >= 11 is 34.8. The Labute approximate surface area is 200 Å². The Morgan fingerprint density at radius 3 is 2.24 bits per heavy atom. The summed E-state index contributed by atoms with van der Waals surface area (Å²) in [6.45, 7) is 1.82. The maximum absolute atomic E-state index is 13.2. The molecule has 3 amide bonds. The van der Waals surface area contributed by atoms with Gasteiger partial charge in [0.25, 0.3) is 11.8 Å². The van der Waals surface area contributed by atoms with Crippen LogP contribution in [0.1, 0.15) is 45.4 Å². The van der Waals surface area contributed by atoms with E-state index in [4.69, 9.17) is 74.3 Å². The predicted octanol–water partition coefficient (Wildman–Crippen LogP) is 4.84. The summed E-state index contributed by atoms with van der Waals surface area (Å²) in [4.78, 5) is 38.8. The maximum atomic E-state index is 13.2. The van der Waals surface area contributed by atoms with Crippen LogP contribution in [0.2, 0.25) is 0 Å². The van der Waals surface area contributed by atoms with Crippen molar-refractivity contribution < 1.29 is 19.1 Å². The van der Waals surface area contributed by atoms with Crippen LogP contribution in [-0.4, -0.2) is 49.4 Å². The van der Waals surface area contributed by atoms with E-state index in [0.717, 1.165) is 4.90 Å². The normalized spacial score (nSPS) is 18.5. The monoisotopic (exact) mass is 528 g/mol. The van der Waals surface area contributed by atoms with Gasteiger partial charge < -0.3 is 10.1 Å². The third-order valence-electron chi connectivity index (χ3n) is 4.14. The largest absolute Gasteiger partial charge is 0.499 e. The summed E-state index contributed by atoms with van der Waals surface area (Å²) in [7, 11) is 1.37. The number of methoxy groups -OCH3 is 1. The molecule has 0 spiro atoms. The predicted molar refractivity (Wildman–Crippen MR) is 117 cm³/mol. The Kier molecular flexibility index (Phi) is 10.7. The Balaban J connectivity index is 3.07. The lowest BCUT2D eigenvalue weighted by molar-refractivity contribution is -0.146. The fraction of sp³-hybridized carbons (Fsp3) is 0.706. The van der Waals surface area contributed by atoms with E-state index < -0.39 is 31.5 Å². The molecule has 29 heavy (non-hydrogen) atoms. The third-order valence-corrected chi connectivity index (χ3v) is 5.28. The van der Waals surface area contributed by atoms with Gasteiger partial charge in [-0.2, -0.15) is 0 Å². The Morgan fingerprint density at radius 2 is 1.76 bits per heavy atom. The molecule has 166 valence electrons. The Hall–Kier alpha value is -0.110. The minimum atomic E-state index is -1.62. The van der Waals surface area contributed by atoms with E-state index in [1.165, 1.54) is 13.2 Å². The number of imide groups is 1. The zero-order chi connectivity index (χ0) is 22.4. The minimum Gasteiger partial charge on any atom is -0.499 e. The number of carbonyl (C=O) groups is 3. The summed E-state index contributed by atoms with van der Waals surface area (Å²) in [6, 6.07) is -1.83. The molecule has 0 radical (unpaired) electrons. The number of halogens is 6. The lowest BCUT2D eigenvalue weighted by Gasteiger charge is -2.30. The number of hydrogen-bond acceptors (Lipinski definition) is 4. The van der Waals surface area contributed by atoms with Crippen LogP contribution in [0.3, 0.4) is 0 Å². The van der Waals surface area contributed by atoms with E-state index in [1.54, 1.807) is 0 Å². The van der Waals surface area contributed by atoms with Crippen LogP contribution in [0.15, 0.2) is 11.8 Å². The highest BCUT2D eigenvalue weighted by atomic mass is 35.6. The topological polar surface area (TPSA) is 75.7 Å². The molecule has 0 fully saturated rings. The zero-order valence-corrected chi connectivity index (χ0v) is 20.4. The molecule has 1 N–H and O–H groups in total. The second kappa shape index (κ2) is 11.5. The highest BCUT2D eigenvalue weighted by Gasteiger charge is 2.42. The van der Waals surface area contributed by atoms with Crippen molar-refractivity contribution in [3.8, 4) is 0 Å². The van der Waals surface area contributed by atoms with E-state index >= 15 is 0 Å². The van der Waals surface area contributed by atoms with Gasteiger partial charge in [-0.1, -0.05) is 76.5 Å². The molecule has 2 atom stereocenters. The highest BCUT2D eigenvalue weighted by molar-refractivity contribution is 6.67. The van der Waals surface area contributed by atoms with E-state index in [1.807, 2.05) is 6.92 Å². The van der Waals surface area contributed by atoms with Gasteiger partial charge in [-0.25, -0.2) is 0 Å². The van der Waals surface area contributed by atoms with Crippen molar-refractivity contribution in [2.75, 3.05) is 7.11 Å². The summed E-state index contributed by atoms with van der Waals surface area (Å²) in [5, 5.41) is 2.61. The van der Waals surface area contributed by atoms with Gasteiger partial charge in [-0.05, 0) is 32.1 Å². The van der Waals surface area contributed by atoms with Gasteiger partial charge in [0.2, 0.25) is 5.91 Å². The summed E-state index contributed by atoms with van der Waals surface area (Å²) in [5.41, 5.74) is 0. The molecule has 1 aliphatic rings. The molecule has 0 saturated heterocycles. The number of ether oxygens (including phenoxy) is 1. The van der Waals surface area contributed by atoms with E-state index in [0.29, 0.717) is 6.42 Å². The van der Waals surface area contributed by atoms with E-state index in [9.17, 15) is 14.4 Å². The van der Waals surface area contributed by atoms with Crippen LogP contribution in [0.4, 0.5) is 0 Å². The summed E-state index contributed by atoms with van der Waals surface area (Å²) in [5.74, 6) is -1.33. The molecule has 0 aromatic heterocycles. The lowest BCUT2D eigenvalue weighted by atomic mass is 10.1. The van der Waals surface area contributed by atoms with Gasteiger partial charge in [0.05, 0.1) is 13.2 Å². The number of carbonyl (C=O) groups excluding carboxylic acids is 3. The summed E-state index contributed by atoms with van der Waals surface area (Å²) in [6.07, 6.45) is 2.24. The lowest BCUT2D eigenvalue weighted by Crippen LogP contribution is -2.52. The first-order chi connectivity index (χ1) is 13.3. The van der Waals surface area contributed by atoms with Crippen LogP contribution < -0.4 is 5.32 Å². The van der Waals surface area contributed by atoms with Crippen molar-refractivity contribution in [2.24, 2.45) is 0 Å². The van der Waals surface area contributed by atoms with Gasteiger partial charge >= 0.3 is 0 Å². The first kappa shape index (κ1) is 26.9. The molecular formula is C17H22Cl6N2O4. The van der Waals surface area contributed by atoms with Crippen molar-refractivity contribution in [1.29, 1.82) is 0 Å². The summed E-state index contributed by atoms with van der Waals surface area (Å²) < 4.78 is 2.04. The molecule has 1 rings (SSSR count). The van der Waals surface area contributed by atoms with Gasteiger partial charge in [0, 0.05) is 12.5 Å². The molecule has 0 unspecified atom stereocenters. The fourth-order valence-corrected chi connectivity index (χ4v) is 3.48. The molecule has 0 bridgehead atoms. The standard InChI is InChI=1S/C17H22Cl6N2O4/c1-3-4-13(26)24-10(5-7-16(18,19)20)15(28)25-11(6-8-17(21,22)23)12(29-2)9-14(25)27/h9-11H,3-8H2,1-2H3,(H,24,26)/t10-,11-/m0/s1. The first-order valence-corrected chi connectivity index (χ1v) is 11.1. The molecule has 1 aliphatic heterocycles. The molecule has 6 nitrogen and oxygen atoms in total. The highest BCUT2D eigenvalue weighted by Crippen LogP contribution is 2.36. The van der Waals surface area contributed by atoms with Crippen molar-refractivity contribution in [2.45, 2.75) is 65.1 Å². The van der Waals surface area contributed by atoms with Crippen molar-refractivity contribution >= 4 is 87.3 Å². The van der Waals surface area contributed by atoms with E-state index in [2.05, 4.69) is 5.32 Å². The van der Waals surface area contributed by atoms with Gasteiger partial charge in [0.1, 0.15) is 11.8 Å². The van der Waals surface area contributed by atoms with Crippen molar-refractivity contribution in [1.82, 2.24) is 10.2 Å². The van der Waals surface area contributed by atoms with E-state index in [-0.39, 0.29) is 43.8 Å². The smallest absolute Gasteiger partial charge is 0.257 e. The molecule has 0 aromatic rings. The van der Waals surface area contributed by atoms with Crippen LogP contribution >= 0.6 is 69.6 Å². The van der Waals surface area contributed by atoms with Crippen molar-refractivity contribution in [3.63, 3.8) is 0 Å². The van der Waals surface area contributed by atoms with Gasteiger partial charge in [-0.15, -0.1) is 0 Å². The van der Waals surface area contributed by atoms with Crippen LogP contribution in [0, 0.1) is 0 Å². The number of amides is 3. The number of nitrogens with zero attached hydrogens (tertiary/aromatic N) is 1. The quantitative estimate of drug-likeness (QED) is 0.433. The minimum absolute atomic E-state index is 0.00805. The molecule has 0 saturated carbocycles. The van der Waals surface area contributed by atoms with Gasteiger partial charge in [-0.3, -0.25) is 19.3 Å². The van der Waals surface area contributed by atoms with Gasteiger partial charge in [0.15, 0.2) is 7.59 Å². The van der Waals surface area contributed by atoms with Crippen LogP contribution in [-0.2, 0) is 19.1 Å². The molecular weight excluding hydrogens is 509 g/mol. The number of alkyl halides is 6. The number of nitrogens with one attached hydrogen (secondary N) is 1. The molecule has 0 aliphatic carbocycles. The third kappa shape index (κ3) is 9.28. The maximum Gasteiger partial charge on any atom is 0.257 e. The Bertz CT molecular complexity index is 645.